The SMILES string of the molecule is C[C@H](NC(=O)c1cc2ccccc2oc1=O)c1ccc(F)cc1. The first-order valence-corrected chi connectivity index (χ1v) is 7.14. The van der Waals surface area contributed by atoms with Gasteiger partial charge in [0.1, 0.15) is 17.0 Å². The largest absolute Gasteiger partial charge is 0.422 e. The molecule has 3 aromatic rings. The molecule has 2 aromatic carbocycles. The molecule has 0 radical (unpaired) electrons. The van der Waals surface area contributed by atoms with Crippen molar-refractivity contribution in [3.8, 4) is 0 Å². The van der Waals surface area contributed by atoms with Gasteiger partial charge in [0, 0.05) is 5.39 Å². The summed E-state index contributed by atoms with van der Waals surface area (Å²) >= 11 is 0. The highest BCUT2D eigenvalue weighted by Gasteiger charge is 2.16. The van der Waals surface area contributed by atoms with Crippen molar-refractivity contribution in [2.24, 2.45) is 0 Å². The number of nitrogens with one attached hydrogen (secondary N) is 1. The third kappa shape index (κ3) is 3.13. The summed E-state index contributed by atoms with van der Waals surface area (Å²) in [6, 6.07) is 13.9. The van der Waals surface area contributed by atoms with Crippen molar-refractivity contribution in [3.05, 3.63) is 82.0 Å². The smallest absolute Gasteiger partial charge is 0.349 e. The fourth-order valence-electron chi connectivity index (χ4n) is 2.33. The molecule has 116 valence electrons. The van der Waals surface area contributed by atoms with Gasteiger partial charge < -0.3 is 9.73 Å². The van der Waals surface area contributed by atoms with E-state index in [0.717, 1.165) is 5.56 Å². The molecule has 0 saturated carbocycles. The van der Waals surface area contributed by atoms with E-state index in [1.165, 1.54) is 18.2 Å². The Labute approximate surface area is 131 Å². The maximum atomic E-state index is 12.9. The van der Waals surface area contributed by atoms with Crippen LogP contribution in [-0.4, -0.2) is 5.91 Å². The molecule has 1 N–H and O–H groups in total. The number of benzene rings is 2. The van der Waals surface area contributed by atoms with Crippen molar-refractivity contribution in [1.29, 1.82) is 0 Å². The van der Waals surface area contributed by atoms with Gasteiger partial charge in [0.2, 0.25) is 0 Å². The summed E-state index contributed by atoms with van der Waals surface area (Å²) in [6.07, 6.45) is 0. The molecule has 0 aliphatic carbocycles. The normalized spacial score (nSPS) is 12.1. The molecule has 4 nitrogen and oxygen atoms in total. The lowest BCUT2D eigenvalue weighted by atomic mass is 10.1. The molecule has 1 heterocycles. The molecule has 5 heteroatoms. The number of fused-ring (bicyclic) bond motifs is 1. The van der Waals surface area contributed by atoms with E-state index in [9.17, 15) is 14.0 Å². The van der Waals surface area contributed by atoms with E-state index in [1.807, 2.05) is 0 Å². The molecule has 0 unspecified atom stereocenters. The van der Waals surface area contributed by atoms with E-state index < -0.39 is 11.5 Å². The number of para-hydroxylation sites is 1. The van der Waals surface area contributed by atoms with Crippen LogP contribution in [-0.2, 0) is 0 Å². The van der Waals surface area contributed by atoms with Crippen molar-refractivity contribution in [1.82, 2.24) is 5.32 Å². The Morgan fingerprint density at radius 2 is 1.83 bits per heavy atom. The summed E-state index contributed by atoms with van der Waals surface area (Å²) in [5, 5.41) is 3.39. The first-order valence-electron chi connectivity index (χ1n) is 7.14. The molecule has 0 spiro atoms. The molecule has 1 atom stereocenters. The van der Waals surface area contributed by atoms with Gasteiger partial charge in [0.25, 0.3) is 5.91 Å². The van der Waals surface area contributed by atoms with Crippen molar-refractivity contribution >= 4 is 16.9 Å². The second-order valence-corrected chi connectivity index (χ2v) is 5.23. The third-order valence-electron chi connectivity index (χ3n) is 3.60. The highest BCUT2D eigenvalue weighted by molar-refractivity contribution is 5.96. The number of halogens is 1. The topological polar surface area (TPSA) is 59.3 Å². The number of hydrogen-bond acceptors (Lipinski definition) is 3. The average molecular weight is 311 g/mol. The van der Waals surface area contributed by atoms with Gasteiger partial charge >= 0.3 is 5.63 Å². The quantitative estimate of drug-likeness (QED) is 0.754. The van der Waals surface area contributed by atoms with Crippen molar-refractivity contribution in [2.45, 2.75) is 13.0 Å². The zero-order valence-electron chi connectivity index (χ0n) is 12.4. The van der Waals surface area contributed by atoms with Crippen molar-refractivity contribution in [3.63, 3.8) is 0 Å². The molecule has 0 saturated heterocycles. The average Bonchev–Trinajstić information content (AvgIpc) is 2.54. The van der Waals surface area contributed by atoms with Crippen LogP contribution in [0, 0.1) is 5.82 Å². The minimum atomic E-state index is -0.687. The number of rotatable bonds is 3. The van der Waals surface area contributed by atoms with Crippen LogP contribution in [0.5, 0.6) is 0 Å². The Bertz CT molecular complexity index is 915. The summed E-state index contributed by atoms with van der Waals surface area (Å²) in [6.45, 7) is 1.76. The standard InChI is InChI=1S/C18H14FNO3/c1-11(12-6-8-14(19)9-7-12)20-17(21)15-10-13-4-2-3-5-16(13)23-18(15)22/h2-11H,1H3,(H,20,21)/t11-/m0/s1. The number of amides is 1. The van der Waals surface area contributed by atoms with Gasteiger partial charge in [0.15, 0.2) is 0 Å². The molecule has 0 bridgehead atoms. The van der Waals surface area contributed by atoms with E-state index in [1.54, 1.807) is 43.3 Å². The number of carbonyl (C=O) groups is 1. The second-order valence-electron chi connectivity index (χ2n) is 5.23. The predicted octanol–water partition coefficient (Wildman–Crippen LogP) is 3.42. The van der Waals surface area contributed by atoms with Gasteiger partial charge in [-0.05, 0) is 36.8 Å². The van der Waals surface area contributed by atoms with Gasteiger partial charge in [-0.25, -0.2) is 9.18 Å². The van der Waals surface area contributed by atoms with E-state index in [4.69, 9.17) is 4.42 Å². The van der Waals surface area contributed by atoms with Crippen LogP contribution in [0.1, 0.15) is 28.9 Å². The lowest BCUT2D eigenvalue weighted by molar-refractivity contribution is 0.0936. The van der Waals surface area contributed by atoms with Gasteiger partial charge in [-0.1, -0.05) is 30.3 Å². The molecule has 23 heavy (non-hydrogen) atoms. The third-order valence-corrected chi connectivity index (χ3v) is 3.60. The summed E-state index contributed by atoms with van der Waals surface area (Å²) in [5.74, 6) is -0.872. The zero-order valence-corrected chi connectivity index (χ0v) is 12.4. The highest BCUT2D eigenvalue weighted by atomic mass is 19.1. The lowest BCUT2D eigenvalue weighted by Crippen LogP contribution is -2.30. The van der Waals surface area contributed by atoms with E-state index in [2.05, 4.69) is 5.32 Å². The Hall–Kier alpha value is -2.95. The van der Waals surface area contributed by atoms with Gasteiger partial charge in [-0.2, -0.15) is 0 Å². The first-order chi connectivity index (χ1) is 11.0. The van der Waals surface area contributed by atoms with E-state index >= 15 is 0 Å². The second kappa shape index (κ2) is 6.04. The minimum absolute atomic E-state index is 0.0577. The summed E-state index contributed by atoms with van der Waals surface area (Å²) in [7, 11) is 0. The first kappa shape index (κ1) is 15.0. The molecular weight excluding hydrogens is 297 g/mol. The summed E-state index contributed by atoms with van der Waals surface area (Å²) in [5.41, 5.74) is 0.427. The van der Waals surface area contributed by atoms with Crippen molar-refractivity contribution < 1.29 is 13.6 Å². The van der Waals surface area contributed by atoms with Gasteiger partial charge in [0.05, 0.1) is 6.04 Å². The van der Waals surface area contributed by atoms with Crippen LogP contribution in [0.4, 0.5) is 4.39 Å². The molecule has 1 amide bonds. The molecule has 1 aromatic heterocycles. The number of carbonyl (C=O) groups excluding carboxylic acids is 1. The van der Waals surface area contributed by atoms with E-state index in [0.29, 0.717) is 11.0 Å². The molecule has 0 aliphatic rings. The monoisotopic (exact) mass is 311 g/mol. The minimum Gasteiger partial charge on any atom is -0.422 e. The Morgan fingerprint density at radius 3 is 2.57 bits per heavy atom. The van der Waals surface area contributed by atoms with Crippen molar-refractivity contribution in [2.75, 3.05) is 0 Å². The molecule has 0 fully saturated rings. The van der Waals surface area contributed by atoms with E-state index in [-0.39, 0.29) is 17.4 Å². The fourth-order valence-corrected chi connectivity index (χ4v) is 2.33. The van der Waals surface area contributed by atoms with Crippen LogP contribution < -0.4 is 10.9 Å². The Morgan fingerprint density at radius 1 is 1.13 bits per heavy atom. The zero-order chi connectivity index (χ0) is 16.4. The highest BCUT2D eigenvalue weighted by Crippen LogP contribution is 2.15. The van der Waals surface area contributed by atoms with Crippen LogP contribution in [0.25, 0.3) is 11.0 Å². The lowest BCUT2D eigenvalue weighted by Gasteiger charge is -2.14. The fraction of sp³-hybridized carbons (Fsp3) is 0.111. The van der Waals surface area contributed by atoms with Crippen LogP contribution in [0.3, 0.4) is 0 Å². The van der Waals surface area contributed by atoms with Crippen LogP contribution in [0.2, 0.25) is 0 Å². The number of hydrogen-bond donors (Lipinski definition) is 1. The van der Waals surface area contributed by atoms with Gasteiger partial charge in [-0.15, -0.1) is 0 Å². The summed E-state index contributed by atoms with van der Waals surface area (Å²) < 4.78 is 18.1. The maximum absolute atomic E-state index is 12.9. The Balaban J connectivity index is 1.87. The molecule has 0 aliphatic heterocycles. The maximum Gasteiger partial charge on any atom is 0.349 e. The predicted molar refractivity (Wildman–Crippen MR) is 84.8 cm³/mol. The summed E-state index contributed by atoms with van der Waals surface area (Å²) in [4.78, 5) is 24.3. The van der Waals surface area contributed by atoms with Crippen LogP contribution in [0.15, 0.2) is 63.8 Å². The van der Waals surface area contributed by atoms with Gasteiger partial charge in [-0.3, -0.25) is 4.79 Å². The molecular formula is C18H14FNO3. The molecule has 3 rings (SSSR count). The van der Waals surface area contributed by atoms with Crippen LogP contribution >= 0.6 is 0 Å². The Kier molecular flexibility index (Phi) is 3.93.